The zero-order chi connectivity index (χ0) is 18.6. The number of hydrogen-bond acceptors (Lipinski definition) is 4. The fourth-order valence-corrected chi connectivity index (χ4v) is 3.48. The molecule has 2 aromatic carbocycles. The molecule has 0 unspecified atom stereocenters. The molecule has 0 spiro atoms. The third-order valence-electron chi connectivity index (χ3n) is 3.34. The summed E-state index contributed by atoms with van der Waals surface area (Å²) in [5, 5.41) is 7.79. The van der Waals surface area contributed by atoms with E-state index in [1.807, 2.05) is 0 Å². The Bertz CT molecular complexity index is 869. The van der Waals surface area contributed by atoms with Gasteiger partial charge in [-0.25, -0.2) is 13.6 Å². The van der Waals surface area contributed by atoms with Crippen molar-refractivity contribution in [2.45, 2.75) is 29.0 Å². The maximum absolute atomic E-state index is 12.3. The maximum Gasteiger partial charge on any atom is 0.288 e. The Hall–Kier alpha value is -1.97. The van der Waals surface area contributed by atoms with Gasteiger partial charge in [-0.15, -0.1) is 0 Å². The highest BCUT2D eigenvalue weighted by molar-refractivity contribution is 7.99. The molecule has 0 radical (unpaired) electrons. The number of primary sulfonamides is 1. The van der Waals surface area contributed by atoms with Gasteiger partial charge in [-0.1, -0.05) is 23.9 Å². The van der Waals surface area contributed by atoms with Gasteiger partial charge >= 0.3 is 0 Å². The molecule has 0 aliphatic carbocycles. The summed E-state index contributed by atoms with van der Waals surface area (Å²) in [5.41, 5.74) is 1.54. The van der Waals surface area contributed by atoms with Crippen LogP contribution in [0, 0.1) is 6.92 Å². The van der Waals surface area contributed by atoms with E-state index in [1.165, 1.54) is 30.3 Å². The predicted octanol–water partition coefficient (Wildman–Crippen LogP) is 2.89. The van der Waals surface area contributed by atoms with Crippen molar-refractivity contribution in [2.24, 2.45) is 5.14 Å². The zero-order valence-electron chi connectivity index (χ0n) is 13.2. The molecule has 2 aromatic rings. The lowest BCUT2D eigenvalue weighted by Gasteiger charge is -2.09. The van der Waals surface area contributed by atoms with Crippen molar-refractivity contribution >= 4 is 27.7 Å². The van der Waals surface area contributed by atoms with Crippen molar-refractivity contribution in [1.29, 1.82) is 0 Å². The lowest BCUT2D eigenvalue weighted by Crippen LogP contribution is -2.23. The molecule has 0 saturated heterocycles. The fraction of sp³-hybridized carbons (Fsp3) is 0.188. The quantitative estimate of drug-likeness (QED) is 0.747. The Kier molecular flexibility index (Phi) is 6.15. The Balaban J connectivity index is 2.01. The smallest absolute Gasteiger partial charge is 0.288 e. The first-order valence-corrected chi connectivity index (χ1v) is 9.55. The van der Waals surface area contributed by atoms with Gasteiger partial charge in [-0.2, -0.15) is 8.78 Å². The van der Waals surface area contributed by atoms with Crippen LogP contribution in [0.4, 0.5) is 8.78 Å². The minimum atomic E-state index is -3.78. The summed E-state index contributed by atoms with van der Waals surface area (Å²) in [7, 11) is -3.78. The molecule has 0 aliphatic heterocycles. The molecule has 0 heterocycles. The topological polar surface area (TPSA) is 89.3 Å². The number of aryl methyl sites for hydroxylation is 1. The van der Waals surface area contributed by atoms with Gasteiger partial charge in [0.1, 0.15) is 0 Å². The molecule has 5 nitrogen and oxygen atoms in total. The standard InChI is InChI=1S/C16H16F2N2O3S2/c1-10-8-11(2-7-14(10)25(19,22)23)9-20-15(21)12-3-5-13(6-4-12)24-16(17)18/h2-8,16H,9H2,1H3,(H,20,21)(H2,19,22,23). The van der Waals surface area contributed by atoms with Gasteiger partial charge in [0, 0.05) is 17.0 Å². The average Bonchev–Trinajstić information content (AvgIpc) is 2.51. The van der Waals surface area contributed by atoms with Crippen LogP contribution in [0.25, 0.3) is 0 Å². The molecule has 25 heavy (non-hydrogen) atoms. The van der Waals surface area contributed by atoms with Crippen molar-refractivity contribution in [3.05, 3.63) is 59.2 Å². The van der Waals surface area contributed by atoms with Gasteiger partial charge in [0.2, 0.25) is 10.0 Å². The highest BCUT2D eigenvalue weighted by Crippen LogP contribution is 2.25. The second-order valence-electron chi connectivity index (χ2n) is 5.23. The van der Waals surface area contributed by atoms with E-state index in [0.29, 0.717) is 33.3 Å². The lowest BCUT2D eigenvalue weighted by atomic mass is 10.1. The molecule has 134 valence electrons. The van der Waals surface area contributed by atoms with E-state index in [-0.39, 0.29) is 17.3 Å². The number of nitrogens with one attached hydrogen (secondary N) is 1. The van der Waals surface area contributed by atoms with Crippen LogP contribution in [-0.2, 0) is 16.6 Å². The first-order chi connectivity index (χ1) is 11.7. The number of carbonyl (C=O) groups excluding carboxylic acids is 1. The Morgan fingerprint density at radius 2 is 1.84 bits per heavy atom. The summed E-state index contributed by atoms with van der Waals surface area (Å²) in [4.78, 5) is 12.5. The highest BCUT2D eigenvalue weighted by atomic mass is 32.2. The lowest BCUT2D eigenvalue weighted by molar-refractivity contribution is 0.0951. The number of sulfonamides is 1. The number of amides is 1. The van der Waals surface area contributed by atoms with Crippen molar-refractivity contribution < 1.29 is 22.0 Å². The molecule has 0 saturated carbocycles. The Morgan fingerprint density at radius 3 is 2.36 bits per heavy atom. The maximum atomic E-state index is 12.3. The number of thioether (sulfide) groups is 1. The van der Waals surface area contributed by atoms with E-state index in [9.17, 15) is 22.0 Å². The first-order valence-electron chi connectivity index (χ1n) is 7.12. The average molecular weight is 386 g/mol. The summed E-state index contributed by atoms with van der Waals surface area (Å²) < 4.78 is 47.3. The van der Waals surface area contributed by atoms with Crippen LogP contribution in [0.5, 0.6) is 0 Å². The fourth-order valence-electron chi connectivity index (χ4n) is 2.21. The SMILES string of the molecule is Cc1cc(CNC(=O)c2ccc(SC(F)F)cc2)ccc1S(N)(=O)=O. The number of alkyl halides is 2. The largest absolute Gasteiger partial charge is 0.348 e. The Morgan fingerprint density at radius 1 is 1.20 bits per heavy atom. The van der Waals surface area contributed by atoms with Crippen molar-refractivity contribution in [3.8, 4) is 0 Å². The summed E-state index contributed by atoms with van der Waals surface area (Å²) in [6, 6.07) is 10.4. The number of rotatable bonds is 6. The second kappa shape index (κ2) is 7.94. The number of hydrogen-bond donors (Lipinski definition) is 2. The third kappa shape index (κ3) is 5.52. The number of benzene rings is 2. The molecule has 1 amide bonds. The van der Waals surface area contributed by atoms with Crippen molar-refractivity contribution in [3.63, 3.8) is 0 Å². The van der Waals surface area contributed by atoms with E-state index in [0.717, 1.165) is 0 Å². The van der Waals surface area contributed by atoms with Gasteiger partial charge in [0.05, 0.1) is 4.90 Å². The van der Waals surface area contributed by atoms with Crippen LogP contribution in [0.15, 0.2) is 52.3 Å². The minimum Gasteiger partial charge on any atom is -0.348 e. The van der Waals surface area contributed by atoms with E-state index in [4.69, 9.17) is 5.14 Å². The van der Waals surface area contributed by atoms with E-state index < -0.39 is 15.8 Å². The van der Waals surface area contributed by atoms with Crippen LogP contribution >= 0.6 is 11.8 Å². The minimum absolute atomic E-state index is 0.0368. The zero-order valence-corrected chi connectivity index (χ0v) is 14.8. The monoisotopic (exact) mass is 386 g/mol. The van der Waals surface area contributed by atoms with Crippen molar-refractivity contribution in [1.82, 2.24) is 5.32 Å². The van der Waals surface area contributed by atoms with Crippen molar-refractivity contribution in [2.75, 3.05) is 0 Å². The normalized spacial score (nSPS) is 11.6. The molecule has 0 fully saturated rings. The van der Waals surface area contributed by atoms with E-state index in [2.05, 4.69) is 5.32 Å². The molecule has 0 aromatic heterocycles. The molecule has 3 N–H and O–H groups in total. The van der Waals surface area contributed by atoms with Crippen LogP contribution in [0.2, 0.25) is 0 Å². The Labute approximate surface area is 148 Å². The molecule has 0 bridgehead atoms. The number of carbonyl (C=O) groups is 1. The third-order valence-corrected chi connectivity index (χ3v) is 5.13. The molecule has 9 heteroatoms. The van der Waals surface area contributed by atoms with Gasteiger partial charge in [-0.05, 0) is 48.4 Å². The van der Waals surface area contributed by atoms with Gasteiger partial charge in [0.15, 0.2) is 0 Å². The number of nitrogens with two attached hydrogens (primary N) is 1. The number of halogens is 2. The van der Waals surface area contributed by atoms with Crippen LogP contribution in [-0.4, -0.2) is 20.1 Å². The van der Waals surface area contributed by atoms with Gasteiger partial charge in [-0.3, -0.25) is 4.79 Å². The predicted molar refractivity (Wildman–Crippen MR) is 92.0 cm³/mol. The van der Waals surface area contributed by atoms with Crippen LogP contribution in [0.3, 0.4) is 0 Å². The molecular formula is C16H16F2N2O3S2. The van der Waals surface area contributed by atoms with Crippen LogP contribution in [0.1, 0.15) is 21.5 Å². The second-order valence-corrected chi connectivity index (χ2v) is 7.82. The molecular weight excluding hydrogens is 370 g/mol. The molecule has 2 rings (SSSR count). The highest BCUT2D eigenvalue weighted by Gasteiger charge is 2.12. The van der Waals surface area contributed by atoms with E-state index in [1.54, 1.807) is 19.1 Å². The molecule has 0 aliphatic rings. The van der Waals surface area contributed by atoms with Gasteiger partial charge in [0.25, 0.3) is 11.7 Å². The van der Waals surface area contributed by atoms with Crippen LogP contribution < -0.4 is 10.5 Å². The van der Waals surface area contributed by atoms with E-state index >= 15 is 0 Å². The first kappa shape index (κ1) is 19.4. The molecule has 0 atom stereocenters. The summed E-state index contributed by atoms with van der Waals surface area (Å²) in [6.07, 6.45) is 0. The summed E-state index contributed by atoms with van der Waals surface area (Å²) in [6.45, 7) is 1.81. The summed E-state index contributed by atoms with van der Waals surface area (Å²) >= 11 is 0.410. The summed E-state index contributed by atoms with van der Waals surface area (Å²) in [5.74, 6) is -2.87. The van der Waals surface area contributed by atoms with Gasteiger partial charge < -0.3 is 5.32 Å².